The SMILES string of the molecule is Cc1ccc(C(=O)NCc2cccs2)cc1S(=O)(=O)N(C)C. The van der Waals surface area contributed by atoms with Gasteiger partial charge in [0.15, 0.2) is 0 Å². The molecule has 118 valence electrons. The van der Waals surface area contributed by atoms with E-state index in [1.54, 1.807) is 30.4 Å². The van der Waals surface area contributed by atoms with Crippen LogP contribution >= 0.6 is 11.3 Å². The first-order chi connectivity index (χ1) is 10.3. The highest BCUT2D eigenvalue weighted by atomic mass is 32.2. The van der Waals surface area contributed by atoms with Gasteiger partial charge in [-0.2, -0.15) is 0 Å². The summed E-state index contributed by atoms with van der Waals surface area (Å²) in [4.78, 5) is 13.4. The van der Waals surface area contributed by atoms with E-state index < -0.39 is 10.0 Å². The minimum atomic E-state index is -3.57. The van der Waals surface area contributed by atoms with Gasteiger partial charge >= 0.3 is 0 Å². The minimum absolute atomic E-state index is 0.154. The van der Waals surface area contributed by atoms with Crippen LogP contribution in [-0.4, -0.2) is 32.7 Å². The number of carbonyl (C=O) groups is 1. The molecule has 2 aromatic rings. The summed E-state index contributed by atoms with van der Waals surface area (Å²) in [5.41, 5.74) is 0.950. The number of hydrogen-bond acceptors (Lipinski definition) is 4. The first kappa shape index (κ1) is 16.7. The Morgan fingerprint density at radius 2 is 2.00 bits per heavy atom. The third-order valence-corrected chi connectivity index (χ3v) is 6.05. The number of aryl methyl sites for hydroxylation is 1. The zero-order valence-electron chi connectivity index (χ0n) is 12.7. The standard InChI is InChI=1S/C15H18N2O3S2/c1-11-6-7-12(9-14(11)22(19,20)17(2)3)15(18)16-10-13-5-4-8-21-13/h4-9H,10H2,1-3H3,(H,16,18). The molecule has 1 aromatic carbocycles. The smallest absolute Gasteiger partial charge is 0.251 e. The summed E-state index contributed by atoms with van der Waals surface area (Å²) in [5.74, 6) is -0.288. The molecule has 5 nitrogen and oxygen atoms in total. The van der Waals surface area contributed by atoms with Gasteiger partial charge in [-0.3, -0.25) is 4.79 Å². The fourth-order valence-corrected chi connectivity index (χ4v) is 3.69. The molecule has 0 aliphatic carbocycles. The number of hydrogen-bond donors (Lipinski definition) is 1. The van der Waals surface area contributed by atoms with E-state index in [0.29, 0.717) is 17.7 Å². The molecule has 7 heteroatoms. The topological polar surface area (TPSA) is 66.5 Å². The van der Waals surface area contributed by atoms with Crippen molar-refractivity contribution in [3.05, 3.63) is 51.7 Å². The van der Waals surface area contributed by atoms with Gasteiger partial charge < -0.3 is 5.32 Å². The van der Waals surface area contributed by atoms with Gasteiger partial charge in [0, 0.05) is 24.5 Å². The van der Waals surface area contributed by atoms with Gasteiger partial charge in [0.25, 0.3) is 5.91 Å². The molecular formula is C15H18N2O3S2. The van der Waals surface area contributed by atoms with Crippen molar-refractivity contribution in [1.82, 2.24) is 9.62 Å². The fourth-order valence-electron chi connectivity index (χ4n) is 1.90. The van der Waals surface area contributed by atoms with Crippen molar-refractivity contribution < 1.29 is 13.2 Å². The molecule has 0 aliphatic rings. The largest absolute Gasteiger partial charge is 0.347 e. The summed E-state index contributed by atoms with van der Waals surface area (Å²) >= 11 is 1.56. The van der Waals surface area contributed by atoms with Crippen LogP contribution in [0.5, 0.6) is 0 Å². The Kier molecular flexibility index (Phi) is 5.00. The predicted octanol–water partition coefficient (Wildman–Crippen LogP) is 2.24. The van der Waals surface area contributed by atoms with Crippen molar-refractivity contribution in [3.63, 3.8) is 0 Å². The van der Waals surface area contributed by atoms with Gasteiger partial charge in [-0.05, 0) is 36.1 Å². The number of benzene rings is 1. The maximum absolute atomic E-state index is 12.3. The lowest BCUT2D eigenvalue weighted by atomic mass is 10.1. The number of nitrogens with one attached hydrogen (secondary N) is 1. The molecule has 0 fully saturated rings. The van der Waals surface area contributed by atoms with E-state index in [0.717, 1.165) is 9.18 Å². The maximum Gasteiger partial charge on any atom is 0.251 e. The Labute approximate surface area is 134 Å². The van der Waals surface area contributed by atoms with E-state index in [-0.39, 0.29) is 10.8 Å². The summed E-state index contributed by atoms with van der Waals surface area (Å²) in [6.45, 7) is 2.14. The zero-order chi connectivity index (χ0) is 16.3. The summed E-state index contributed by atoms with van der Waals surface area (Å²) in [7, 11) is -0.625. The van der Waals surface area contributed by atoms with Crippen LogP contribution in [0.1, 0.15) is 20.8 Å². The molecule has 1 N–H and O–H groups in total. The molecule has 0 saturated heterocycles. The summed E-state index contributed by atoms with van der Waals surface area (Å²) in [6, 6.07) is 8.56. The quantitative estimate of drug-likeness (QED) is 0.909. The van der Waals surface area contributed by atoms with E-state index in [1.807, 2.05) is 17.5 Å². The van der Waals surface area contributed by atoms with Crippen molar-refractivity contribution in [1.29, 1.82) is 0 Å². The lowest BCUT2D eigenvalue weighted by Crippen LogP contribution is -2.25. The van der Waals surface area contributed by atoms with Crippen LogP contribution in [0.4, 0.5) is 0 Å². The van der Waals surface area contributed by atoms with Crippen LogP contribution in [-0.2, 0) is 16.6 Å². The first-order valence-electron chi connectivity index (χ1n) is 6.66. The highest BCUT2D eigenvalue weighted by Gasteiger charge is 2.21. The molecular weight excluding hydrogens is 320 g/mol. The lowest BCUT2D eigenvalue weighted by molar-refractivity contribution is 0.0951. The zero-order valence-corrected chi connectivity index (χ0v) is 14.3. The molecule has 1 aromatic heterocycles. The Hall–Kier alpha value is -1.70. The molecule has 22 heavy (non-hydrogen) atoms. The van der Waals surface area contributed by atoms with Crippen LogP contribution in [0.3, 0.4) is 0 Å². The third kappa shape index (κ3) is 3.55. The van der Waals surface area contributed by atoms with Gasteiger partial charge in [-0.25, -0.2) is 12.7 Å². The van der Waals surface area contributed by atoms with E-state index in [1.165, 1.54) is 20.2 Å². The van der Waals surface area contributed by atoms with Crippen LogP contribution in [0.25, 0.3) is 0 Å². The molecule has 0 radical (unpaired) electrons. The molecule has 0 saturated carbocycles. The number of thiophene rings is 1. The number of amides is 1. The van der Waals surface area contributed by atoms with E-state index in [9.17, 15) is 13.2 Å². The molecule has 1 amide bonds. The molecule has 2 rings (SSSR count). The number of sulfonamides is 1. The normalized spacial score (nSPS) is 11.6. The van der Waals surface area contributed by atoms with Crippen molar-refractivity contribution in [2.45, 2.75) is 18.4 Å². The van der Waals surface area contributed by atoms with E-state index in [4.69, 9.17) is 0 Å². The average Bonchev–Trinajstić information content (AvgIpc) is 2.98. The molecule has 0 atom stereocenters. The van der Waals surface area contributed by atoms with Gasteiger partial charge in [0.05, 0.1) is 11.4 Å². The highest BCUT2D eigenvalue weighted by Crippen LogP contribution is 2.20. The summed E-state index contributed by atoms with van der Waals surface area (Å²) in [6.07, 6.45) is 0. The molecule has 0 unspecified atom stereocenters. The number of nitrogens with zero attached hydrogens (tertiary/aromatic N) is 1. The summed E-state index contributed by atoms with van der Waals surface area (Å²) < 4.78 is 25.7. The average molecular weight is 338 g/mol. The number of carbonyl (C=O) groups excluding carboxylic acids is 1. The van der Waals surface area contributed by atoms with Gasteiger partial charge in [0.2, 0.25) is 10.0 Å². The van der Waals surface area contributed by atoms with Crippen molar-refractivity contribution in [2.24, 2.45) is 0 Å². The molecule has 0 spiro atoms. The van der Waals surface area contributed by atoms with Crippen LogP contribution in [0.15, 0.2) is 40.6 Å². The lowest BCUT2D eigenvalue weighted by Gasteiger charge is -2.14. The highest BCUT2D eigenvalue weighted by molar-refractivity contribution is 7.89. The Morgan fingerprint density at radius 1 is 1.27 bits per heavy atom. The Bertz CT molecular complexity index is 766. The van der Waals surface area contributed by atoms with Crippen LogP contribution in [0.2, 0.25) is 0 Å². The van der Waals surface area contributed by atoms with Gasteiger partial charge in [-0.15, -0.1) is 11.3 Å². The van der Waals surface area contributed by atoms with E-state index >= 15 is 0 Å². The van der Waals surface area contributed by atoms with Gasteiger partial charge in [-0.1, -0.05) is 12.1 Å². The molecule has 1 heterocycles. The van der Waals surface area contributed by atoms with E-state index in [2.05, 4.69) is 5.32 Å². The van der Waals surface area contributed by atoms with Crippen LogP contribution in [0, 0.1) is 6.92 Å². The van der Waals surface area contributed by atoms with Crippen molar-refractivity contribution >= 4 is 27.3 Å². The van der Waals surface area contributed by atoms with Crippen molar-refractivity contribution in [3.8, 4) is 0 Å². The molecule has 0 aliphatic heterocycles. The first-order valence-corrected chi connectivity index (χ1v) is 8.98. The minimum Gasteiger partial charge on any atom is -0.347 e. The second-order valence-electron chi connectivity index (χ2n) is 5.03. The Balaban J connectivity index is 2.24. The third-order valence-electron chi connectivity index (χ3n) is 3.21. The summed E-state index contributed by atoms with van der Waals surface area (Å²) in [5, 5.41) is 4.73. The number of rotatable bonds is 5. The maximum atomic E-state index is 12.3. The second-order valence-corrected chi connectivity index (χ2v) is 8.18. The molecule has 0 bridgehead atoms. The second kappa shape index (κ2) is 6.60. The van der Waals surface area contributed by atoms with Crippen molar-refractivity contribution in [2.75, 3.05) is 14.1 Å². The van der Waals surface area contributed by atoms with Crippen LogP contribution < -0.4 is 5.32 Å². The Morgan fingerprint density at radius 3 is 2.59 bits per heavy atom. The monoisotopic (exact) mass is 338 g/mol. The predicted molar refractivity (Wildman–Crippen MR) is 87.5 cm³/mol. The van der Waals surface area contributed by atoms with Gasteiger partial charge in [0.1, 0.15) is 0 Å². The fraction of sp³-hybridized carbons (Fsp3) is 0.267.